The number of nitrogens with two attached hydrogens (primary N) is 2. The zero-order chi connectivity index (χ0) is 13.1. The minimum atomic E-state index is -0.629. The van der Waals surface area contributed by atoms with E-state index in [1.165, 1.54) is 0 Å². The van der Waals surface area contributed by atoms with Gasteiger partial charge in [-0.2, -0.15) is 0 Å². The molecule has 0 unspecified atom stereocenters. The first-order valence-corrected chi connectivity index (χ1v) is 5.89. The number of H-pyrrole nitrogens is 1. The highest BCUT2D eigenvalue weighted by Gasteiger charge is 2.11. The largest absolute Gasteiger partial charge is 0.425 e. The van der Waals surface area contributed by atoms with E-state index in [2.05, 4.69) is 4.98 Å². The normalized spacial score (nSPS) is 12.6. The van der Waals surface area contributed by atoms with Gasteiger partial charge in [-0.15, -0.1) is 0 Å². The van der Waals surface area contributed by atoms with Crippen LogP contribution in [0.5, 0.6) is 5.75 Å². The number of ether oxygens (including phenoxy) is 1. The lowest BCUT2D eigenvalue weighted by atomic mass is 10.1. The van der Waals surface area contributed by atoms with Gasteiger partial charge in [-0.25, -0.2) is 4.79 Å². The van der Waals surface area contributed by atoms with E-state index in [0.717, 1.165) is 22.9 Å². The topological polar surface area (TPSA) is 94.1 Å². The van der Waals surface area contributed by atoms with Crippen LogP contribution in [0.25, 0.3) is 10.9 Å². The van der Waals surface area contributed by atoms with Crippen molar-refractivity contribution in [2.24, 2.45) is 11.5 Å². The van der Waals surface area contributed by atoms with Crippen LogP contribution in [0.2, 0.25) is 0 Å². The van der Waals surface area contributed by atoms with Crippen LogP contribution in [0.15, 0.2) is 24.4 Å². The fourth-order valence-corrected chi connectivity index (χ4v) is 1.79. The molecule has 0 spiro atoms. The van der Waals surface area contributed by atoms with E-state index in [9.17, 15) is 4.79 Å². The number of aromatic nitrogens is 1. The third kappa shape index (κ3) is 2.52. The number of benzene rings is 1. The van der Waals surface area contributed by atoms with Crippen LogP contribution in [0.1, 0.15) is 12.5 Å². The number of nitrogens with one attached hydrogen (secondary N) is 1. The molecule has 96 valence electrons. The maximum Gasteiger partial charge on any atom is 0.328 e. The van der Waals surface area contributed by atoms with Gasteiger partial charge in [0.2, 0.25) is 0 Å². The van der Waals surface area contributed by atoms with Gasteiger partial charge in [0.15, 0.2) is 0 Å². The van der Waals surface area contributed by atoms with E-state index in [-0.39, 0.29) is 0 Å². The molecule has 5 N–H and O–H groups in total. The van der Waals surface area contributed by atoms with Crippen LogP contribution in [-0.4, -0.2) is 23.5 Å². The molecule has 5 heteroatoms. The highest BCUT2D eigenvalue weighted by molar-refractivity contribution is 5.86. The molecular formula is C13H17N3O2. The number of aromatic amines is 1. The van der Waals surface area contributed by atoms with Gasteiger partial charge in [-0.05, 0) is 43.7 Å². The number of carbonyl (C=O) groups is 1. The van der Waals surface area contributed by atoms with E-state index in [0.29, 0.717) is 12.3 Å². The van der Waals surface area contributed by atoms with Crippen LogP contribution in [0, 0.1) is 0 Å². The van der Waals surface area contributed by atoms with Gasteiger partial charge >= 0.3 is 5.97 Å². The van der Waals surface area contributed by atoms with Gasteiger partial charge in [0.05, 0.1) is 0 Å². The summed E-state index contributed by atoms with van der Waals surface area (Å²) in [5.41, 5.74) is 13.1. The highest BCUT2D eigenvalue weighted by Crippen LogP contribution is 2.24. The first-order valence-electron chi connectivity index (χ1n) is 5.89. The number of fused-ring (bicyclic) bond motifs is 1. The summed E-state index contributed by atoms with van der Waals surface area (Å²) >= 11 is 0. The third-order valence-electron chi connectivity index (χ3n) is 2.74. The quantitative estimate of drug-likeness (QED) is 0.553. The Kier molecular flexibility index (Phi) is 3.64. The molecule has 0 fully saturated rings. The fourth-order valence-electron chi connectivity index (χ4n) is 1.79. The highest BCUT2D eigenvalue weighted by atomic mass is 16.5. The summed E-state index contributed by atoms with van der Waals surface area (Å²) in [5, 5.41) is 1.02. The fraction of sp³-hybridized carbons (Fsp3) is 0.308. The first kappa shape index (κ1) is 12.6. The molecule has 0 radical (unpaired) electrons. The van der Waals surface area contributed by atoms with Gasteiger partial charge in [-0.3, -0.25) is 0 Å². The Bertz CT molecular complexity index is 560. The summed E-state index contributed by atoms with van der Waals surface area (Å²) in [6.45, 7) is 2.17. The summed E-state index contributed by atoms with van der Waals surface area (Å²) in [6.07, 6.45) is 2.71. The number of rotatable bonds is 4. The van der Waals surface area contributed by atoms with Crippen LogP contribution in [-0.2, 0) is 11.2 Å². The molecule has 0 saturated heterocycles. The molecule has 5 nitrogen and oxygen atoms in total. The number of esters is 1. The molecule has 2 aromatic rings. The van der Waals surface area contributed by atoms with E-state index in [4.69, 9.17) is 16.2 Å². The van der Waals surface area contributed by atoms with E-state index < -0.39 is 12.0 Å². The summed E-state index contributed by atoms with van der Waals surface area (Å²) in [5.74, 6) is 0.0629. The molecular weight excluding hydrogens is 230 g/mol. The average molecular weight is 247 g/mol. The van der Waals surface area contributed by atoms with E-state index >= 15 is 0 Å². The first-order chi connectivity index (χ1) is 8.61. The molecule has 0 aliphatic heterocycles. The second-order valence-electron chi connectivity index (χ2n) is 4.27. The van der Waals surface area contributed by atoms with Crippen molar-refractivity contribution in [2.75, 3.05) is 6.54 Å². The van der Waals surface area contributed by atoms with Crippen LogP contribution < -0.4 is 16.2 Å². The van der Waals surface area contributed by atoms with Crippen molar-refractivity contribution in [1.29, 1.82) is 0 Å². The lowest BCUT2D eigenvalue weighted by molar-refractivity contribution is -0.135. The lowest BCUT2D eigenvalue weighted by Crippen LogP contribution is -2.30. The SMILES string of the molecule is C[C@H](N)C(=O)Oc1ccc2[nH]cc(CCN)c2c1. The maximum absolute atomic E-state index is 11.4. The molecule has 18 heavy (non-hydrogen) atoms. The van der Waals surface area contributed by atoms with Crippen molar-refractivity contribution in [2.45, 2.75) is 19.4 Å². The van der Waals surface area contributed by atoms with Crippen molar-refractivity contribution in [1.82, 2.24) is 4.98 Å². The molecule has 1 heterocycles. The minimum Gasteiger partial charge on any atom is -0.425 e. The van der Waals surface area contributed by atoms with Gasteiger partial charge in [0.25, 0.3) is 0 Å². The van der Waals surface area contributed by atoms with Crippen molar-refractivity contribution >= 4 is 16.9 Å². The standard InChI is InChI=1S/C13H17N3O2/c1-8(15)13(17)18-10-2-3-12-11(6-10)9(4-5-14)7-16-12/h2-3,6-8,16H,4-5,14-15H2,1H3/t8-/m0/s1. The Balaban J connectivity index is 2.30. The molecule has 0 bridgehead atoms. The molecule has 2 rings (SSSR count). The average Bonchev–Trinajstić information content (AvgIpc) is 2.72. The van der Waals surface area contributed by atoms with E-state index in [1.54, 1.807) is 13.0 Å². The van der Waals surface area contributed by atoms with Crippen molar-refractivity contribution in [3.63, 3.8) is 0 Å². The van der Waals surface area contributed by atoms with Crippen LogP contribution in [0.4, 0.5) is 0 Å². The number of hydrogen-bond donors (Lipinski definition) is 3. The Hall–Kier alpha value is -1.85. The lowest BCUT2D eigenvalue weighted by Gasteiger charge is -2.07. The Morgan fingerprint density at radius 2 is 2.28 bits per heavy atom. The second kappa shape index (κ2) is 5.20. The van der Waals surface area contributed by atoms with Gasteiger partial charge in [0, 0.05) is 17.1 Å². The van der Waals surface area contributed by atoms with Crippen molar-refractivity contribution < 1.29 is 9.53 Å². The van der Waals surface area contributed by atoms with Gasteiger partial charge < -0.3 is 21.2 Å². The van der Waals surface area contributed by atoms with Gasteiger partial charge in [-0.1, -0.05) is 0 Å². The molecule has 1 aromatic carbocycles. The van der Waals surface area contributed by atoms with Crippen molar-refractivity contribution in [3.8, 4) is 5.75 Å². The van der Waals surface area contributed by atoms with Crippen LogP contribution in [0.3, 0.4) is 0 Å². The number of hydrogen-bond acceptors (Lipinski definition) is 4. The predicted molar refractivity (Wildman–Crippen MR) is 70.3 cm³/mol. The zero-order valence-corrected chi connectivity index (χ0v) is 10.3. The number of carbonyl (C=O) groups excluding carboxylic acids is 1. The summed E-state index contributed by atoms with van der Waals surface area (Å²) in [6, 6.07) is 4.82. The molecule has 1 aromatic heterocycles. The molecule has 0 amide bonds. The Morgan fingerprint density at radius 1 is 1.50 bits per heavy atom. The Morgan fingerprint density at radius 3 is 2.94 bits per heavy atom. The molecule has 0 saturated carbocycles. The molecule has 1 atom stereocenters. The summed E-state index contributed by atoms with van der Waals surface area (Å²) < 4.78 is 5.18. The van der Waals surface area contributed by atoms with Crippen molar-refractivity contribution in [3.05, 3.63) is 30.0 Å². The van der Waals surface area contributed by atoms with Crippen LogP contribution >= 0.6 is 0 Å². The third-order valence-corrected chi connectivity index (χ3v) is 2.74. The Labute approximate surface area is 105 Å². The van der Waals surface area contributed by atoms with Gasteiger partial charge in [0.1, 0.15) is 11.8 Å². The van der Waals surface area contributed by atoms with E-state index in [1.807, 2.05) is 18.3 Å². The maximum atomic E-state index is 11.4. The summed E-state index contributed by atoms with van der Waals surface area (Å²) in [4.78, 5) is 14.6. The minimum absolute atomic E-state index is 0.440. The predicted octanol–water partition coefficient (Wildman–Crippen LogP) is 0.922. The molecule has 0 aliphatic rings. The smallest absolute Gasteiger partial charge is 0.328 e. The monoisotopic (exact) mass is 247 g/mol. The molecule has 0 aliphatic carbocycles. The summed E-state index contributed by atoms with van der Waals surface area (Å²) in [7, 11) is 0. The zero-order valence-electron chi connectivity index (χ0n) is 10.3. The second-order valence-corrected chi connectivity index (χ2v) is 4.27.